The van der Waals surface area contributed by atoms with Crippen LogP contribution in [0.4, 0.5) is 0 Å². The molecule has 0 heterocycles. The van der Waals surface area contributed by atoms with E-state index in [1.807, 2.05) is 0 Å². The van der Waals surface area contributed by atoms with Crippen molar-refractivity contribution in [3.8, 4) is 0 Å². The molecule has 0 amide bonds. The van der Waals surface area contributed by atoms with Gasteiger partial charge in [0.05, 0.1) is 25.2 Å². The fourth-order valence-electron chi connectivity index (χ4n) is 0.678. The number of ether oxygens (including phenoxy) is 1. The van der Waals surface area contributed by atoms with Crippen molar-refractivity contribution >= 4 is 67.7 Å². The molecule has 0 spiro atoms. The van der Waals surface area contributed by atoms with Gasteiger partial charge in [0, 0.05) is 0 Å². The van der Waals surface area contributed by atoms with Crippen LogP contribution in [0.3, 0.4) is 0 Å². The van der Waals surface area contributed by atoms with Gasteiger partial charge in [0.2, 0.25) is 0 Å². The Labute approximate surface area is 129 Å². The molecule has 0 unspecified atom stereocenters. The first-order valence-electron chi connectivity index (χ1n) is 4.55. The Balaban J connectivity index is 3.74. The fourth-order valence-corrected chi connectivity index (χ4v) is 9.09. The van der Waals surface area contributed by atoms with E-state index in [1.165, 1.54) is 50.1 Å². The Hall–Kier alpha value is 1.45. The minimum atomic E-state index is -1.17. The average Bonchev–Trinajstić information content (AvgIpc) is 2.41. The summed E-state index contributed by atoms with van der Waals surface area (Å²) in [6, 6.07) is 0. The van der Waals surface area contributed by atoms with E-state index in [9.17, 15) is 4.79 Å². The molecule has 18 heavy (non-hydrogen) atoms. The van der Waals surface area contributed by atoms with Crippen molar-refractivity contribution in [1.82, 2.24) is 0 Å². The second-order valence-corrected chi connectivity index (χ2v) is 11.7. The van der Waals surface area contributed by atoms with Gasteiger partial charge in [0.25, 0.3) is 0 Å². The van der Waals surface area contributed by atoms with E-state index in [0.717, 1.165) is 0 Å². The van der Waals surface area contributed by atoms with Gasteiger partial charge in [0.1, 0.15) is 12.4 Å². The van der Waals surface area contributed by atoms with Crippen molar-refractivity contribution in [2.75, 3.05) is 32.2 Å². The van der Waals surface area contributed by atoms with Gasteiger partial charge in [-0.2, -0.15) is 0 Å². The molecule has 0 aromatic heterocycles. The third kappa shape index (κ3) is 8.59. The van der Waals surface area contributed by atoms with E-state index < -0.39 is 31.2 Å². The summed E-state index contributed by atoms with van der Waals surface area (Å²) in [4.78, 5) is 11.3. The van der Waals surface area contributed by atoms with Gasteiger partial charge >= 0.3 is 5.97 Å². The Kier molecular flexibility index (Phi) is 13.2. The van der Waals surface area contributed by atoms with Crippen molar-refractivity contribution in [3.05, 3.63) is 0 Å². The summed E-state index contributed by atoms with van der Waals surface area (Å²) in [5.41, 5.74) is -1.17. The molecule has 0 bridgehead atoms. The number of aliphatic hydroxyl groups excluding tert-OH is 3. The monoisotopic (exact) mass is 370 g/mol. The summed E-state index contributed by atoms with van der Waals surface area (Å²) in [7, 11) is 7.05. The Bertz CT molecular complexity index is 218. The molecule has 0 aliphatic heterocycles. The molecule has 5 nitrogen and oxygen atoms in total. The number of hydrogen-bond acceptors (Lipinski definition) is 11. The number of rotatable bonds is 11. The van der Waals surface area contributed by atoms with Gasteiger partial charge < -0.3 is 20.1 Å². The predicted octanol–water partition coefficient (Wildman–Crippen LogP) is 1.66. The maximum atomic E-state index is 11.3. The molecule has 3 N–H and O–H groups in total. The number of hydrogen-bond donors (Lipinski definition) is 4. The zero-order valence-electron chi connectivity index (χ0n) is 9.18. The lowest BCUT2D eigenvalue weighted by molar-refractivity contribution is -0.148. The van der Waals surface area contributed by atoms with Crippen LogP contribution in [0, 0.1) is 5.41 Å². The molecule has 0 aromatic carbocycles. The molecule has 108 valence electrons. The van der Waals surface area contributed by atoms with E-state index >= 15 is 0 Å². The van der Waals surface area contributed by atoms with Gasteiger partial charge in [0.15, 0.2) is 0 Å². The standard InChI is InChI=1S/C7H14O5S6/c8-2-7(3-9,4-10)5-12-6(11)1-14-16-18-17-15-13/h8-10,13H,1-5H2. The quantitative estimate of drug-likeness (QED) is 0.186. The van der Waals surface area contributed by atoms with Gasteiger partial charge in [-0.3, -0.25) is 4.79 Å². The normalized spacial score (nSPS) is 11.6. The lowest BCUT2D eigenvalue weighted by Crippen LogP contribution is -2.39. The molecule has 0 aromatic rings. The second-order valence-electron chi connectivity index (χ2n) is 3.18. The third-order valence-corrected chi connectivity index (χ3v) is 10.7. The number of aliphatic hydroxyl groups is 3. The van der Waals surface area contributed by atoms with Crippen LogP contribution in [0.15, 0.2) is 0 Å². The van der Waals surface area contributed by atoms with Crippen LogP contribution in [0.2, 0.25) is 0 Å². The van der Waals surface area contributed by atoms with Gasteiger partial charge in [-0.25, -0.2) is 0 Å². The van der Waals surface area contributed by atoms with Crippen LogP contribution in [-0.4, -0.2) is 53.5 Å². The van der Waals surface area contributed by atoms with Crippen molar-refractivity contribution in [3.63, 3.8) is 0 Å². The molecular formula is C7H14O5S6. The number of thiol groups is 1. The lowest BCUT2D eigenvalue weighted by atomic mass is 9.93. The predicted molar refractivity (Wildman–Crippen MR) is 86.5 cm³/mol. The van der Waals surface area contributed by atoms with E-state index in [0.29, 0.717) is 0 Å². The number of esters is 1. The van der Waals surface area contributed by atoms with E-state index in [4.69, 9.17) is 20.1 Å². The van der Waals surface area contributed by atoms with Crippen molar-refractivity contribution in [1.29, 1.82) is 0 Å². The summed E-state index contributed by atoms with van der Waals surface area (Å²) in [6.45, 7) is -1.53. The summed E-state index contributed by atoms with van der Waals surface area (Å²) >= 11 is 3.93. The maximum Gasteiger partial charge on any atom is 0.316 e. The SMILES string of the molecule is O=C(CSSSSSS)OCC(CO)(CO)CO. The zero-order chi connectivity index (χ0) is 13.9. The minimum Gasteiger partial charge on any atom is -0.464 e. The Morgan fingerprint density at radius 1 is 1.11 bits per heavy atom. The minimum absolute atomic E-state index is 0.161. The largest absolute Gasteiger partial charge is 0.464 e. The smallest absolute Gasteiger partial charge is 0.316 e. The lowest BCUT2D eigenvalue weighted by Gasteiger charge is -2.26. The molecule has 0 radical (unpaired) electrons. The molecule has 0 saturated carbocycles. The van der Waals surface area contributed by atoms with Crippen LogP contribution < -0.4 is 0 Å². The first-order valence-corrected chi connectivity index (χ1v) is 11.9. The van der Waals surface area contributed by atoms with Crippen molar-refractivity contribution in [2.45, 2.75) is 0 Å². The topological polar surface area (TPSA) is 87.0 Å². The zero-order valence-corrected chi connectivity index (χ0v) is 14.2. The Morgan fingerprint density at radius 2 is 1.72 bits per heavy atom. The van der Waals surface area contributed by atoms with Crippen LogP contribution in [0.1, 0.15) is 0 Å². The highest BCUT2D eigenvalue weighted by Crippen LogP contribution is 2.49. The van der Waals surface area contributed by atoms with Gasteiger partial charge in [-0.05, 0) is 39.3 Å². The summed E-state index contributed by atoms with van der Waals surface area (Å²) in [5, 5.41) is 27.1. The number of carbonyl (C=O) groups is 1. The highest BCUT2D eigenvalue weighted by atomic mass is 33.9. The maximum absolute atomic E-state index is 11.3. The van der Waals surface area contributed by atoms with Crippen LogP contribution >= 0.6 is 61.8 Å². The molecule has 0 fully saturated rings. The second kappa shape index (κ2) is 12.2. The molecule has 11 heteroatoms. The van der Waals surface area contributed by atoms with Crippen LogP contribution in [0.5, 0.6) is 0 Å². The number of carbonyl (C=O) groups excluding carboxylic acids is 1. The summed E-state index contributed by atoms with van der Waals surface area (Å²) in [6.07, 6.45) is 0. The van der Waals surface area contributed by atoms with Gasteiger partial charge in [-0.1, -0.05) is 22.5 Å². The average molecular weight is 371 g/mol. The highest BCUT2D eigenvalue weighted by Gasteiger charge is 2.30. The summed E-state index contributed by atoms with van der Waals surface area (Å²) < 4.78 is 4.90. The molecule has 0 atom stereocenters. The Morgan fingerprint density at radius 3 is 2.22 bits per heavy atom. The molecule has 0 rings (SSSR count). The van der Waals surface area contributed by atoms with Crippen LogP contribution in [-0.2, 0) is 9.53 Å². The first kappa shape index (κ1) is 19.4. The molecule has 0 aliphatic rings. The first-order chi connectivity index (χ1) is 8.64. The molecule has 0 aliphatic carbocycles. The molecular weight excluding hydrogens is 356 g/mol. The van der Waals surface area contributed by atoms with E-state index in [-0.39, 0.29) is 12.4 Å². The van der Waals surface area contributed by atoms with Crippen molar-refractivity contribution in [2.24, 2.45) is 5.41 Å². The van der Waals surface area contributed by atoms with E-state index in [1.54, 1.807) is 0 Å². The fraction of sp³-hybridized carbons (Fsp3) is 0.857. The third-order valence-electron chi connectivity index (χ3n) is 1.86. The van der Waals surface area contributed by atoms with Gasteiger partial charge in [-0.15, -0.1) is 0 Å². The molecule has 0 saturated heterocycles. The summed E-state index contributed by atoms with van der Waals surface area (Å²) in [5.74, 6) is -0.287. The van der Waals surface area contributed by atoms with Crippen LogP contribution in [0.25, 0.3) is 0 Å². The highest BCUT2D eigenvalue weighted by molar-refractivity contribution is 9.41. The van der Waals surface area contributed by atoms with E-state index in [2.05, 4.69) is 11.7 Å². The van der Waals surface area contributed by atoms with Crippen molar-refractivity contribution < 1.29 is 24.9 Å².